The van der Waals surface area contributed by atoms with Gasteiger partial charge < -0.3 is 5.32 Å². The van der Waals surface area contributed by atoms with Crippen LogP contribution >= 0.6 is 0 Å². The van der Waals surface area contributed by atoms with Gasteiger partial charge in [0.05, 0.1) is 0 Å². The second-order valence-corrected chi connectivity index (χ2v) is 3.73. The molecule has 2 rings (SSSR count). The fourth-order valence-corrected chi connectivity index (χ4v) is 1.56. The normalized spacial score (nSPS) is 9.88. The highest BCUT2D eigenvalue weighted by atomic mass is 16.1. The van der Waals surface area contributed by atoms with Gasteiger partial charge in [-0.2, -0.15) is 0 Å². The van der Waals surface area contributed by atoms with E-state index in [0.29, 0.717) is 12.1 Å². The first kappa shape index (κ1) is 11.3. The number of carbonyl (C=O) groups is 1. The molecular formula is C14H14N2O. The fraction of sp³-hybridized carbons (Fsp3) is 0.143. The van der Waals surface area contributed by atoms with Crippen molar-refractivity contribution in [1.82, 2.24) is 10.3 Å². The van der Waals surface area contributed by atoms with E-state index < -0.39 is 0 Å². The van der Waals surface area contributed by atoms with Crippen LogP contribution in [0.4, 0.5) is 0 Å². The molecule has 1 heterocycles. The van der Waals surface area contributed by atoms with Gasteiger partial charge in [0.25, 0.3) is 5.91 Å². The zero-order chi connectivity index (χ0) is 11.9. The van der Waals surface area contributed by atoms with Crippen molar-refractivity contribution in [3.05, 3.63) is 66.0 Å². The first-order valence-corrected chi connectivity index (χ1v) is 5.58. The molecule has 1 N–H and O–H groups in total. The summed E-state index contributed by atoms with van der Waals surface area (Å²) in [5.74, 6) is -0.0329. The van der Waals surface area contributed by atoms with Crippen molar-refractivity contribution in [1.29, 1.82) is 0 Å². The third-order valence-electron chi connectivity index (χ3n) is 2.46. The molecule has 0 aliphatic carbocycles. The van der Waals surface area contributed by atoms with Crippen molar-refractivity contribution in [3.8, 4) is 0 Å². The molecule has 3 nitrogen and oxygen atoms in total. The van der Waals surface area contributed by atoms with Gasteiger partial charge in [0.2, 0.25) is 0 Å². The Kier molecular flexibility index (Phi) is 3.86. The van der Waals surface area contributed by atoms with Crippen molar-refractivity contribution < 1.29 is 4.79 Å². The molecule has 0 saturated carbocycles. The van der Waals surface area contributed by atoms with Crippen LogP contribution in [0.2, 0.25) is 0 Å². The van der Waals surface area contributed by atoms with E-state index in [0.717, 1.165) is 12.0 Å². The summed E-state index contributed by atoms with van der Waals surface area (Å²) in [6.07, 6.45) is 4.35. The highest BCUT2D eigenvalue weighted by molar-refractivity contribution is 5.94. The number of carbonyl (C=O) groups excluding carboxylic acids is 1. The van der Waals surface area contributed by atoms with E-state index in [1.165, 1.54) is 0 Å². The summed E-state index contributed by atoms with van der Waals surface area (Å²) in [5.41, 5.74) is 1.82. The lowest BCUT2D eigenvalue weighted by molar-refractivity contribution is 0.0954. The van der Waals surface area contributed by atoms with Gasteiger partial charge in [-0.15, -0.1) is 0 Å². The maximum Gasteiger partial charge on any atom is 0.251 e. The molecular weight excluding hydrogens is 212 g/mol. The average Bonchev–Trinajstić information content (AvgIpc) is 2.41. The predicted molar refractivity (Wildman–Crippen MR) is 66.7 cm³/mol. The van der Waals surface area contributed by atoms with E-state index in [4.69, 9.17) is 0 Å². The van der Waals surface area contributed by atoms with Crippen LogP contribution in [-0.4, -0.2) is 17.4 Å². The van der Waals surface area contributed by atoms with Crippen LogP contribution in [0, 0.1) is 0 Å². The maximum atomic E-state index is 11.7. The van der Waals surface area contributed by atoms with E-state index in [9.17, 15) is 4.79 Å². The Labute approximate surface area is 101 Å². The zero-order valence-corrected chi connectivity index (χ0v) is 9.47. The number of amides is 1. The third kappa shape index (κ3) is 3.41. The Bertz CT molecular complexity index is 468. The summed E-state index contributed by atoms with van der Waals surface area (Å²) in [4.78, 5) is 15.7. The molecule has 2 aromatic rings. The summed E-state index contributed by atoms with van der Waals surface area (Å²) in [6, 6.07) is 13.1. The molecule has 0 aliphatic rings. The molecule has 3 heteroatoms. The van der Waals surface area contributed by atoms with E-state index in [2.05, 4.69) is 10.3 Å². The lowest BCUT2D eigenvalue weighted by atomic mass is 10.2. The van der Waals surface area contributed by atoms with Crippen LogP contribution in [0.3, 0.4) is 0 Å². The number of rotatable bonds is 4. The second-order valence-electron chi connectivity index (χ2n) is 3.73. The van der Waals surface area contributed by atoms with Crippen LogP contribution in [-0.2, 0) is 6.42 Å². The molecule has 0 radical (unpaired) electrons. The number of hydrogen-bond donors (Lipinski definition) is 1. The van der Waals surface area contributed by atoms with Gasteiger partial charge in [-0.05, 0) is 30.2 Å². The summed E-state index contributed by atoms with van der Waals surface area (Å²) >= 11 is 0. The van der Waals surface area contributed by atoms with Gasteiger partial charge in [-0.1, -0.05) is 24.3 Å². The lowest BCUT2D eigenvalue weighted by Gasteiger charge is -2.04. The van der Waals surface area contributed by atoms with Crippen LogP contribution in [0.25, 0.3) is 0 Å². The molecule has 0 bridgehead atoms. The quantitative estimate of drug-likeness (QED) is 0.867. The number of nitrogens with one attached hydrogen (secondary N) is 1. The second kappa shape index (κ2) is 5.80. The van der Waals surface area contributed by atoms with E-state index >= 15 is 0 Å². The average molecular weight is 226 g/mol. The van der Waals surface area contributed by atoms with E-state index in [1.807, 2.05) is 36.5 Å². The lowest BCUT2D eigenvalue weighted by Crippen LogP contribution is -2.25. The van der Waals surface area contributed by atoms with Crippen LogP contribution in [0.1, 0.15) is 15.9 Å². The Hall–Kier alpha value is -2.16. The number of pyridine rings is 1. The molecule has 0 spiro atoms. The van der Waals surface area contributed by atoms with Gasteiger partial charge >= 0.3 is 0 Å². The molecule has 0 atom stereocenters. The van der Waals surface area contributed by atoms with Gasteiger partial charge in [-0.25, -0.2) is 0 Å². The molecule has 1 aromatic carbocycles. The number of benzene rings is 1. The van der Waals surface area contributed by atoms with Crippen molar-refractivity contribution in [2.45, 2.75) is 6.42 Å². The number of hydrogen-bond acceptors (Lipinski definition) is 2. The van der Waals surface area contributed by atoms with Crippen molar-refractivity contribution in [3.63, 3.8) is 0 Å². The Morgan fingerprint density at radius 2 is 1.94 bits per heavy atom. The number of aromatic nitrogens is 1. The topological polar surface area (TPSA) is 42.0 Å². The summed E-state index contributed by atoms with van der Waals surface area (Å²) < 4.78 is 0. The Morgan fingerprint density at radius 3 is 2.65 bits per heavy atom. The highest BCUT2D eigenvalue weighted by Gasteiger charge is 2.02. The van der Waals surface area contributed by atoms with Gasteiger partial charge in [0.1, 0.15) is 0 Å². The predicted octanol–water partition coefficient (Wildman–Crippen LogP) is 2.05. The first-order valence-electron chi connectivity index (χ1n) is 5.58. The van der Waals surface area contributed by atoms with Gasteiger partial charge in [0, 0.05) is 24.5 Å². The summed E-state index contributed by atoms with van der Waals surface area (Å²) in [5, 5.41) is 2.88. The van der Waals surface area contributed by atoms with Crippen molar-refractivity contribution in [2.24, 2.45) is 0 Å². The largest absolute Gasteiger partial charge is 0.352 e. The molecule has 1 aromatic heterocycles. The molecule has 86 valence electrons. The third-order valence-corrected chi connectivity index (χ3v) is 2.46. The molecule has 0 saturated heterocycles. The van der Waals surface area contributed by atoms with E-state index in [-0.39, 0.29) is 5.91 Å². The molecule has 1 amide bonds. The van der Waals surface area contributed by atoms with Crippen molar-refractivity contribution in [2.75, 3.05) is 6.54 Å². The highest BCUT2D eigenvalue weighted by Crippen LogP contribution is 1.99. The van der Waals surface area contributed by atoms with Crippen LogP contribution in [0.15, 0.2) is 54.9 Å². The van der Waals surface area contributed by atoms with Gasteiger partial charge in [-0.3, -0.25) is 9.78 Å². The van der Waals surface area contributed by atoms with Crippen LogP contribution in [0.5, 0.6) is 0 Å². The Morgan fingerprint density at radius 1 is 1.12 bits per heavy atom. The molecule has 0 fully saturated rings. The smallest absolute Gasteiger partial charge is 0.251 e. The minimum atomic E-state index is -0.0329. The van der Waals surface area contributed by atoms with Crippen molar-refractivity contribution >= 4 is 5.91 Å². The first-order chi connectivity index (χ1) is 8.36. The summed E-state index contributed by atoms with van der Waals surface area (Å²) in [6.45, 7) is 0.624. The molecule has 0 unspecified atom stereocenters. The maximum absolute atomic E-state index is 11.7. The fourth-order valence-electron chi connectivity index (χ4n) is 1.56. The molecule has 0 aliphatic heterocycles. The van der Waals surface area contributed by atoms with E-state index in [1.54, 1.807) is 18.3 Å². The molecule has 17 heavy (non-hydrogen) atoms. The summed E-state index contributed by atoms with van der Waals surface area (Å²) in [7, 11) is 0. The Balaban J connectivity index is 1.82. The zero-order valence-electron chi connectivity index (χ0n) is 9.47. The minimum absolute atomic E-state index is 0.0329. The van der Waals surface area contributed by atoms with Crippen LogP contribution < -0.4 is 5.32 Å². The SMILES string of the molecule is O=C(NCCc1cccnc1)c1ccccc1. The number of nitrogens with zero attached hydrogens (tertiary/aromatic N) is 1. The monoisotopic (exact) mass is 226 g/mol. The minimum Gasteiger partial charge on any atom is -0.352 e. The standard InChI is InChI=1S/C14H14N2O/c17-14(13-6-2-1-3-7-13)16-10-8-12-5-4-9-15-11-12/h1-7,9,11H,8,10H2,(H,16,17). The van der Waals surface area contributed by atoms with Gasteiger partial charge in [0.15, 0.2) is 0 Å².